The molecule has 0 aliphatic carbocycles. The Bertz CT molecular complexity index is 632. The van der Waals surface area contributed by atoms with Crippen molar-refractivity contribution in [2.75, 3.05) is 13.1 Å². The molecule has 0 aromatic heterocycles. The average molecular weight is 299 g/mol. The summed E-state index contributed by atoms with van der Waals surface area (Å²) in [6.07, 6.45) is 0. The Balaban J connectivity index is 2.25. The van der Waals surface area contributed by atoms with Crippen molar-refractivity contribution in [3.63, 3.8) is 0 Å². The number of aromatic carboxylic acids is 1. The number of β-amino-alcohol motifs (C(OH)–C–C–N with tert-alkyl or cyclic N) is 1. The zero-order valence-corrected chi connectivity index (χ0v) is 12.1. The first-order chi connectivity index (χ1) is 9.17. The second-order valence-corrected chi connectivity index (χ2v) is 7.30. The highest BCUT2D eigenvalue weighted by atomic mass is 32.2. The van der Waals surface area contributed by atoms with Gasteiger partial charge in [-0.25, -0.2) is 13.2 Å². The fraction of sp³-hybridized carbons (Fsp3) is 0.462. The maximum atomic E-state index is 12.3. The van der Waals surface area contributed by atoms with Gasteiger partial charge in [-0.15, -0.1) is 0 Å². The minimum absolute atomic E-state index is 0.0320. The van der Waals surface area contributed by atoms with E-state index in [2.05, 4.69) is 0 Å². The van der Waals surface area contributed by atoms with Crippen LogP contribution in [0.25, 0.3) is 0 Å². The van der Waals surface area contributed by atoms with E-state index in [1.165, 1.54) is 18.2 Å². The fourth-order valence-corrected chi connectivity index (χ4v) is 3.65. The first-order valence-electron chi connectivity index (χ1n) is 6.23. The van der Waals surface area contributed by atoms with Crippen molar-refractivity contribution in [2.24, 2.45) is 5.92 Å². The van der Waals surface area contributed by atoms with Crippen LogP contribution in [0.5, 0.6) is 0 Å². The lowest BCUT2D eigenvalue weighted by Crippen LogP contribution is -2.65. The van der Waals surface area contributed by atoms with Crippen molar-refractivity contribution in [3.8, 4) is 0 Å². The Kier molecular flexibility index (Phi) is 3.62. The number of hydrogen-bond donors (Lipinski definition) is 2. The Morgan fingerprint density at radius 2 is 1.95 bits per heavy atom. The van der Waals surface area contributed by atoms with E-state index in [9.17, 15) is 18.3 Å². The van der Waals surface area contributed by atoms with Gasteiger partial charge < -0.3 is 10.2 Å². The van der Waals surface area contributed by atoms with E-state index in [4.69, 9.17) is 5.11 Å². The molecule has 6 nitrogen and oxygen atoms in total. The van der Waals surface area contributed by atoms with Gasteiger partial charge in [-0.2, -0.15) is 4.31 Å². The molecule has 1 fully saturated rings. The van der Waals surface area contributed by atoms with Gasteiger partial charge in [-0.3, -0.25) is 0 Å². The number of carbonyl (C=O) groups is 1. The van der Waals surface area contributed by atoms with Gasteiger partial charge in [-0.05, 0) is 24.1 Å². The van der Waals surface area contributed by atoms with Gasteiger partial charge in [0.25, 0.3) is 0 Å². The molecule has 1 aromatic rings. The summed E-state index contributed by atoms with van der Waals surface area (Å²) in [6, 6.07) is 5.21. The highest BCUT2D eigenvalue weighted by Crippen LogP contribution is 2.33. The lowest BCUT2D eigenvalue weighted by atomic mass is 9.85. The van der Waals surface area contributed by atoms with Gasteiger partial charge in [0.1, 0.15) is 0 Å². The zero-order chi connectivity index (χ0) is 15.1. The first kappa shape index (κ1) is 15.0. The molecule has 1 saturated heterocycles. The van der Waals surface area contributed by atoms with Gasteiger partial charge in [0.15, 0.2) is 0 Å². The van der Waals surface area contributed by atoms with Crippen LogP contribution in [0.3, 0.4) is 0 Å². The average Bonchev–Trinajstić information content (AvgIpc) is 2.34. The molecule has 110 valence electrons. The Morgan fingerprint density at radius 1 is 1.35 bits per heavy atom. The fourth-order valence-electron chi connectivity index (χ4n) is 2.04. The Hall–Kier alpha value is -1.44. The number of sulfonamides is 1. The molecule has 1 aliphatic heterocycles. The van der Waals surface area contributed by atoms with Crippen LogP contribution in [0.4, 0.5) is 0 Å². The van der Waals surface area contributed by atoms with E-state index in [-0.39, 0.29) is 29.5 Å². The number of nitrogens with zero attached hydrogens (tertiary/aromatic N) is 1. The molecule has 1 aliphatic rings. The molecular formula is C13H17NO5S. The molecule has 0 radical (unpaired) electrons. The predicted octanol–water partition coefficient (Wildman–Crippen LogP) is 0.776. The standard InChI is InChI=1S/C13H17NO5S/c1-9(2)13(17)7-14(8-13)20(18,19)11-5-3-4-10(6-11)12(15)16/h3-6,9,17H,7-8H2,1-2H3,(H,15,16). The van der Waals surface area contributed by atoms with Crippen LogP contribution in [0.1, 0.15) is 24.2 Å². The molecule has 1 heterocycles. The third kappa shape index (κ3) is 2.44. The number of aliphatic hydroxyl groups is 1. The minimum Gasteiger partial charge on any atom is -0.478 e. The SMILES string of the molecule is CC(C)C1(O)CN(S(=O)(=O)c2cccc(C(=O)O)c2)C1. The molecule has 0 amide bonds. The lowest BCUT2D eigenvalue weighted by Gasteiger charge is -2.47. The molecule has 2 N–H and O–H groups in total. The molecule has 2 rings (SSSR count). The van der Waals surface area contributed by atoms with Crippen molar-refractivity contribution in [1.82, 2.24) is 4.31 Å². The van der Waals surface area contributed by atoms with Crippen molar-refractivity contribution in [2.45, 2.75) is 24.3 Å². The smallest absolute Gasteiger partial charge is 0.335 e. The predicted molar refractivity (Wildman–Crippen MR) is 71.9 cm³/mol. The van der Waals surface area contributed by atoms with Crippen LogP contribution in [0.15, 0.2) is 29.2 Å². The number of carboxylic acids is 1. The van der Waals surface area contributed by atoms with Gasteiger partial charge in [0, 0.05) is 13.1 Å². The molecule has 0 unspecified atom stereocenters. The van der Waals surface area contributed by atoms with E-state index in [0.717, 1.165) is 10.4 Å². The molecule has 0 saturated carbocycles. The van der Waals surface area contributed by atoms with Crippen LogP contribution in [-0.2, 0) is 10.0 Å². The summed E-state index contributed by atoms with van der Waals surface area (Å²) < 4.78 is 25.8. The van der Waals surface area contributed by atoms with E-state index >= 15 is 0 Å². The van der Waals surface area contributed by atoms with Crippen molar-refractivity contribution >= 4 is 16.0 Å². The molecular weight excluding hydrogens is 282 g/mol. The number of rotatable bonds is 4. The molecule has 0 spiro atoms. The van der Waals surface area contributed by atoms with Gasteiger partial charge in [0.2, 0.25) is 10.0 Å². The maximum Gasteiger partial charge on any atom is 0.335 e. The molecule has 1 aromatic carbocycles. The van der Waals surface area contributed by atoms with E-state index in [1.54, 1.807) is 0 Å². The third-order valence-corrected chi connectivity index (χ3v) is 5.48. The summed E-state index contributed by atoms with van der Waals surface area (Å²) >= 11 is 0. The van der Waals surface area contributed by atoms with Crippen LogP contribution in [0.2, 0.25) is 0 Å². The second-order valence-electron chi connectivity index (χ2n) is 5.36. The van der Waals surface area contributed by atoms with Crippen LogP contribution >= 0.6 is 0 Å². The van der Waals surface area contributed by atoms with Gasteiger partial charge in [-0.1, -0.05) is 19.9 Å². The first-order valence-corrected chi connectivity index (χ1v) is 7.67. The Morgan fingerprint density at radius 3 is 2.45 bits per heavy atom. The summed E-state index contributed by atoms with van der Waals surface area (Å²) in [6.45, 7) is 3.72. The number of carboxylic acid groups (broad SMARTS) is 1. The van der Waals surface area contributed by atoms with E-state index in [1.807, 2.05) is 13.8 Å². The molecule has 0 bridgehead atoms. The summed E-state index contributed by atoms with van der Waals surface area (Å²) in [7, 11) is -3.75. The minimum atomic E-state index is -3.75. The van der Waals surface area contributed by atoms with Gasteiger partial charge >= 0.3 is 5.97 Å². The molecule has 0 atom stereocenters. The van der Waals surface area contributed by atoms with Crippen LogP contribution in [-0.4, -0.2) is 47.6 Å². The highest BCUT2D eigenvalue weighted by Gasteiger charge is 2.49. The molecule has 20 heavy (non-hydrogen) atoms. The van der Waals surface area contributed by atoms with Crippen molar-refractivity contribution in [3.05, 3.63) is 29.8 Å². The highest BCUT2D eigenvalue weighted by molar-refractivity contribution is 7.89. The topological polar surface area (TPSA) is 94.9 Å². The zero-order valence-electron chi connectivity index (χ0n) is 11.3. The van der Waals surface area contributed by atoms with Crippen molar-refractivity contribution < 1.29 is 23.4 Å². The van der Waals surface area contributed by atoms with Crippen LogP contribution < -0.4 is 0 Å². The van der Waals surface area contributed by atoms with Crippen LogP contribution in [0, 0.1) is 5.92 Å². The number of hydrogen-bond acceptors (Lipinski definition) is 4. The normalized spacial score (nSPS) is 18.8. The van der Waals surface area contributed by atoms with Gasteiger partial charge in [0.05, 0.1) is 16.1 Å². The number of benzene rings is 1. The molecule has 7 heteroatoms. The van der Waals surface area contributed by atoms with Crippen molar-refractivity contribution in [1.29, 1.82) is 0 Å². The summed E-state index contributed by atoms with van der Waals surface area (Å²) in [4.78, 5) is 10.8. The third-order valence-electron chi connectivity index (χ3n) is 3.69. The largest absolute Gasteiger partial charge is 0.478 e. The summed E-state index contributed by atoms with van der Waals surface area (Å²) in [5.41, 5.74) is -1.08. The maximum absolute atomic E-state index is 12.3. The summed E-state index contributed by atoms with van der Waals surface area (Å²) in [5, 5.41) is 19.0. The second kappa shape index (κ2) is 4.83. The summed E-state index contributed by atoms with van der Waals surface area (Å²) in [5.74, 6) is -1.22. The monoisotopic (exact) mass is 299 g/mol. The Labute approximate surface area is 117 Å². The quantitative estimate of drug-likeness (QED) is 0.856. The van der Waals surface area contributed by atoms with E-state index in [0.29, 0.717) is 0 Å². The lowest BCUT2D eigenvalue weighted by molar-refractivity contribution is -0.0932. The van der Waals surface area contributed by atoms with E-state index < -0.39 is 21.6 Å².